The van der Waals surface area contributed by atoms with E-state index in [1.165, 1.54) is 4.57 Å². The lowest BCUT2D eigenvalue weighted by Gasteiger charge is -2.11. The standard InChI is InChI=1S/C23H17ClN6O3S/c1-15-6-8-16(9-7-15)21-26-20(33-29-21)14-34(31,32)23-28-27-22(17-10-12-25-13-11-17)30(23)19-5-3-2-4-18(19)24/h2-13H,14H2,1H3. The van der Waals surface area contributed by atoms with Gasteiger partial charge in [-0.1, -0.05) is 58.7 Å². The number of benzene rings is 2. The van der Waals surface area contributed by atoms with Gasteiger partial charge in [-0.25, -0.2) is 8.42 Å². The minimum atomic E-state index is -4.05. The summed E-state index contributed by atoms with van der Waals surface area (Å²) in [5.41, 5.74) is 2.85. The van der Waals surface area contributed by atoms with E-state index in [-0.39, 0.29) is 11.0 Å². The zero-order chi connectivity index (χ0) is 23.7. The van der Waals surface area contributed by atoms with Crippen LogP contribution in [0.1, 0.15) is 11.5 Å². The second-order valence-corrected chi connectivity index (χ2v) is 9.76. The Hall–Kier alpha value is -3.89. The van der Waals surface area contributed by atoms with Crippen LogP contribution in [-0.4, -0.2) is 38.3 Å². The lowest BCUT2D eigenvalue weighted by atomic mass is 10.1. The number of para-hydroxylation sites is 1. The van der Waals surface area contributed by atoms with E-state index in [0.29, 0.717) is 27.9 Å². The van der Waals surface area contributed by atoms with Gasteiger partial charge in [-0.2, -0.15) is 4.98 Å². The molecule has 11 heteroatoms. The number of halogens is 1. The van der Waals surface area contributed by atoms with Gasteiger partial charge in [0, 0.05) is 23.5 Å². The summed E-state index contributed by atoms with van der Waals surface area (Å²) in [6, 6.07) is 17.8. The van der Waals surface area contributed by atoms with Crippen molar-refractivity contribution < 1.29 is 12.9 Å². The maximum Gasteiger partial charge on any atom is 0.255 e. The van der Waals surface area contributed by atoms with E-state index in [1.807, 2.05) is 31.2 Å². The molecule has 9 nitrogen and oxygen atoms in total. The first-order chi connectivity index (χ1) is 16.4. The summed E-state index contributed by atoms with van der Waals surface area (Å²) in [6.45, 7) is 1.97. The van der Waals surface area contributed by atoms with Gasteiger partial charge < -0.3 is 4.52 Å². The second-order valence-electron chi connectivity index (χ2n) is 7.47. The van der Waals surface area contributed by atoms with Crippen molar-refractivity contribution in [3.63, 3.8) is 0 Å². The molecule has 170 valence electrons. The molecule has 0 atom stereocenters. The molecule has 2 aromatic carbocycles. The first-order valence-electron chi connectivity index (χ1n) is 10.2. The summed E-state index contributed by atoms with van der Waals surface area (Å²) < 4.78 is 33.5. The van der Waals surface area contributed by atoms with E-state index in [2.05, 4.69) is 25.3 Å². The Labute approximate surface area is 200 Å². The molecule has 0 unspecified atom stereocenters. The molecule has 0 saturated carbocycles. The van der Waals surface area contributed by atoms with Crippen LogP contribution in [0.25, 0.3) is 28.5 Å². The summed E-state index contributed by atoms with van der Waals surface area (Å²) in [6.07, 6.45) is 3.17. The average molecular weight is 493 g/mol. The highest BCUT2D eigenvalue weighted by Crippen LogP contribution is 2.30. The van der Waals surface area contributed by atoms with Crippen molar-refractivity contribution in [2.75, 3.05) is 0 Å². The predicted molar refractivity (Wildman–Crippen MR) is 125 cm³/mol. The minimum absolute atomic E-state index is 0.0604. The molecule has 0 N–H and O–H groups in total. The van der Waals surface area contributed by atoms with Crippen LogP contribution in [0.3, 0.4) is 0 Å². The molecule has 3 aromatic heterocycles. The Morgan fingerprint density at radius 2 is 1.68 bits per heavy atom. The predicted octanol–water partition coefficient (Wildman–Crippen LogP) is 4.32. The van der Waals surface area contributed by atoms with E-state index < -0.39 is 15.6 Å². The molecule has 0 aliphatic carbocycles. The van der Waals surface area contributed by atoms with Crippen molar-refractivity contribution in [1.29, 1.82) is 0 Å². The Kier molecular flexibility index (Phi) is 5.68. The molecule has 5 rings (SSSR count). The van der Waals surface area contributed by atoms with Gasteiger partial charge in [-0.05, 0) is 31.2 Å². The molecule has 0 radical (unpaired) electrons. The number of aryl methyl sites for hydroxylation is 1. The van der Waals surface area contributed by atoms with Crippen molar-refractivity contribution in [1.82, 2.24) is 29.9 Å². The van der Waals surface area contributed by atoms with E-state index in [4.69, 9.17) is 16.1 Å². The van der Waals surface area contributed by atoms with Gasteiger partial charge in [-0.15, -0.1) is 10.2 Å². The summed E-state index contributed by atoms with van der Waals surface area (Å²) in [5, 5.41) is 12.1. The zero-order valence-corrected chi connectivity index (χ0v) is 19.4. The molecule has 0 amide bonds. The van der Waals surface area contributed by atoms with Crippen molar-refractivity contribution in [3.8, 4) is 28.5 Å². The monoisotopic (exact) mass is 492 g/mol. The van der Waals surface area contributed by atoms with Gasteiger partial charge >= 0.3 is 0 Å². The van der Waals surface area contributed by atoms with Gasteiger partial charge in [0.05, 0.1) is 10.7 Å². The summed E-state index contributed by atoms with van der Waals surface area (Å²) in [4.78, 5) is 8.26. The topological polar surface area (TPSA) is 117 Å². The zero-order valence-electron chi connectivity index (χ0n) is 17.8. The van der Waals surface area contributed by atoms with Crippen LogP contribution in [0, 0.1) is 6.92 Å². The third-order valence-corrected chi connectivity index (χ3v) is 6.80. The maximum atomic E-state index is 13.4. The van der Waals surface area contributed by atoms with Gasteiger partial charge in [0.15, 0.2) is 5.82 Å². The number of rotatable bonds is 6. The van der Waals surface area contributed by atoms with E-state index >= 15 is 0 Å². The molecular formula is C23H17ClN6O3S. The van der Waals surface area contributed by atoms with Gasteiger partial charge in [0.2, 0.25) is 21.6 Å². The first kappa shape index (κ1) is 21.9. The summed E-state index contributed by atoms with van der Waals surface area (Å²) in [7, 11) is -4.05. The van der Waals surface area contributed by atoms with Crippen LogP contribution in [0.2, 0.25) is 5.02 Å². The molecule has 0 aliphatic rings. The molecule has 0 saturated heterocycles. The van der Waals surface area contributed by atoms with E-state index in [0.717, 1.165) is 11.1 Å². The van der Waals surface area contributed by atoms with Crippen LogP contribution in [-0.2, 0) is 15.6 Å². The average Bonchev–Trinajstić information content (AvgIpc) is 3.48. The van der Waals surface area contributed by atoms with Crippen LogP contribution in [0.4, 0.5) is 0 Å². The highest BCUT2D eigenvalue weighted by molar-refractivity contribution is 7.90. The fourth-order valence-electron chi connectivity index (χ4n) is 3.37. The first-order valence-corrected chi connectivity index (χ1v) is 12.2. The second kappa shape index (κ2) is 8.81. The Balaban J connectivity index is 1.56. The number of hydrogen-bond donors (Lipinski definition) is 0. The number of aromatic nitrogens is 6. The summed E-state index contributed by atoms with van der Waals surface area (Å²) in [5.74, 6) is -0.00456. The highest BCUT2D eigenvalue weighted by atomic mass is 35.5. The lowest BCUT2D eigenvalue weighted by Crippen LogP contribution is -2.13. The van der Waals surface area contributed by atoms with Gasteiger partial charge in [0.1, 0.15) is 5.75 Å². The van der Waals surface area contributed by atoms with Crippen LogP contribution in [0.5, 0.6) is 0 Å². The van der Waals surface area contributed by atoms with Crippen molar-refractivity contribution in [3.05, 3.63) is 89.5 Å². The molecular weight excluding hydrogens is 476 g/mol. The van der Waals surface area contributed by atoms with Gasteiger partial charge in [-0.3, -0.25) is 9.55 Å². The quantitative estimate of drug-likeness (QED) is 0.344. The minimum Gasteiger partial charge on any atom is -0.338 e. The van der Waals surface area contributed by atoms with Crippen LogP contribution in [0.15, 0.2) is 82.7 Å². The van der Waals surface area contributed by atoms with Crippen LogP contribution >= 0.6 is 11.6 Å². The molecule has 3 heterocycles. The normalized spacial score (nSPS) is 11.6. The number of hydrogen-bond acceptors (Lipinski definition) is 8. The van der Waals surface area contributed by atoms with Crippen molar-refractivity contribution in [2.24, 2.45) is 0 Å². The number of nitrogens with zero attached hydrogens (tertiary/aromatic N) is 6. The number of sulfone groups is 1. The Morgan fingerprint density at radius 1 is 0.941 bits per heavy atom. The SMILES string of the molecule is Cc1ccc(-c2noc(CS(=O)(=O)c3nnc(-c4ccncc4)n3-c3ccccc3Cl)n2)cc1. The molecule has 0 spiro atoms. The van der Waals surface area contributed by atoms with Crippen molar-refractivity contribution >= 4 is 21.4 Å². The largest absolute Gasteiger partial charge is 0.338 e. The molecule has 34 heavy (non-hydrogen) atoms. The number of pyridine rings is 1. The fourth-order valence-corrected chi connectivity index (χ4v) is 4.79. The summed E-state index contributed by atoms with van der Waals surface area (Å²) >= 11 is 6.42. The van der Waals surface area contributed by atoms with Crippen molar-refractivity contribution in [2.45, 2.75) is 17.8 Å². The Bertz CT molecular complexity index is 1560. The molecule has 0 bridgehead atoms. The third kappa shape index (κ3) is 4.20. The highest BCUT2D eigenvalue weighted by Gasteiger charge is 2.30. The smallest absolute Gasteiger partial charge is 0.255 e. The lowest BCUT2D eigenvalue weighted by molar-refractivity contribution is 0.389. The molecule has 0 aliphatic heterocycles. The van der Waals surface area contributed by atoms with E-state index in [9.17, 15) is 8.42 Å². The van der Waals surface area contributed by atoms with Gasteiger partial charge in [0.25, 0.3) is 5.16 Å². The molecule has 5 aromatic rings. The van der Waals surface area contributed by atoms with E-state index in [1.54, 1.807) is 48.8 Å². The Morgan fingerprint density at radius 3 is 2.41 bits per heavy atom. The van der Waals surface area contributed by atoms with Crippen LogP contribution < -0.4 is 0 Å². The fraction of sp³-hybridized carbons (Fsp3) is 0.0870. The maximum absolute atomic E-state index is 13.4. The third-order valence-electron chi connectivity index (χ3n) is 5.03. The molecule has 0 fully saturated rings.